The van der Waals surface area contributed by atoms with E-state index in [0.717, 1.165) is 71.6 Å². The summed E-state index contributed by atoms with van der Waals surface area (Å²) in [4.78, 5) is 12.3. The van der Waals surface area contributed by atoms with Crippen LogP contribution in [0.3, 0.4) is 0 Å². The van der Waals surface area contributed by atoms with Crippen molar-refractivity contribution >= 4 is 11.5 Å². The molecule has 0 spiro atoms. The van der Waals surface area contributed by atoms with Gasteiger partial charge in [-0.05, 0) is 74.7 Å². The summed E-state index contributed by atoms with van der Waals surface area (Å²) in [6.07, 6.45) is 27.6. The minimum atomic E-state index is -0.278. The Hall–Kier alpha value is -3.64. The van der Waals surface area contributed by atoms with Gasteiger partial charge in [-0.15, -0.1) is 24.7 Å². The van der Waals surface area contributed by atoms with Gasteiger partial charge in [-0.2, -0.15) is 0 Å². The van der Waals surface area contributed by atoms with Gasteiger partial charge < -0.3 is 10.6 Å². The minimum Gasteiger partial charge on any atom is -0.345 e. The van der Waals surface area contributed by atoms with Gasteiger partial charge in [-0.3, -0.25) is 4.99 Å². The number of allylic oxidation sites excluding steroid dienone is 5. The molecule has 0 aromatic rings. The van der Waals surface area contributed by atoms with Gasteiger partial charge in [0.15, 0.2) is 5.84 Å². The summed E-state index contributed by atoms with van der Waals surface area (Å²) in [5.74, 6) is 3.86. The fourth-order valence-electron chi connectivity index (χ4n) is 4.56. The molecule has 0 amide bonds. The molecular formula is C36H48N4. The first-order chi connectivity index (χ1) is 19.2. The lowest BCUT2D eigenvalue weighted by Crippen LogP contribution is -2.47. The third-order valence-electron chi connectivity index (χ3n) is 7.20. The van der Waals surface area contributed by atoms with Gasteiger partial charge in [0.2, 0.25) is 0 Å². The summed E-state index contributed by atoms with van der Waals surface area (Å²) in [6, 6.07) is 0. The summed E-state index contributed by atoms with van der Waals surface area (Å²) in [5.41, 5.74) is 15.6. The highest BCUT2D eigenvalue weighted by molar-refractivity contribution is 6.13. The Balaban J connectivity index is 2.44. The number of rotatable bonds is 14. The van der Waals surface area contributed by atoms with Gasteiger partial charge in [-0.1, -0.05) is 69.5 Å². The topological polar surface area (TPSA) is 54.0 Å². The highest BCUT2D eigenvalue weighted by atomic mass is 15.2. The summed E-state index contributed by atoms with van der Waals surface area (Å²) in [6.45, 7) is 22.4. The Bertz CT molecular complexity index is 1230. The normalized spacial score (nSPS) is 19.0. The van der Waals surface area contributed by atoms with Crippen molar-refractivity contribution < 1.29 is 0 Å². The molecule has 212 valence electrons. The maximum Gasteiger partial charge on any atom is 0.150 e. The van der Waals surface area contributed by atoms with Crippen molar-refractivity contribution in [2.24, 2.45) is 21.6 Å². The monoisotopic (exact) mass is 536 g/mol. The van der Waals surface area contributed by atoms with Crippen LogP contribution in [-0.2, 0) is 0 Å². The van der Waals surface area contributed by atoms with Gasteiger partial charge in [0.05, 0.1) is 18.8 Å². The van der Waals surface area contributed by atoms with E-state index in [9.17, 15) is 0 Å². The average molecular weight is 537 g/mol. The first kappa shape index (κ1) is 32.6. The lowest BCUT2D eigenvalue weighted by molar-refractivity contribution is 0.303. The van der Waals surface area contributed by atoms with Crippen LogP contribution in [0, 0.1) is 18.3 Å². The molecule has 0 saturated heterocycles. The van der Waals surface area contributed by atoms with Gasteiger partial charge in [0.1, 0.15) is 5.70 Å². The Morgan fingerprint density at radius 3 is 2.52 bits per heavy atom. The smallest absolute Gasteiger partial charge is 0.150 e. The summed E-state index contributed by atoms with van der Waals surface area (Å²) in [5, 5.41) is 0. The molecule has 4 nitrogen and oxygen atoms in total. The van der Waals surface area contributed by atoms with Crippen LogP contribution in [-0.4, -0.2) is 41.6 Å². The number of unbranched alkanes of at least 4 members (excludes halogenated alkanes) is 1. The fourth-order valence-corrected chi connectivity index (χ4v) is 4.56. The lowest BCUT2D eigenvalue weighted by atomic mass is 9.72. The molecule has 2 N–H and O–H groups in total. The zero-order valence-corrected chi connectivity index (χ0v) is 25.2. The highest BCUT2D eigenvalue weighted by Gasteiger charge is 2.35. The number of terminal acetylenes is 1. The molecule has 1 saturated carbocycles. The molecule has 1 heterocycles. The second-order valence-electron chi connectivity index (χ2n) is 10.6. The molecule has 1 aliphatic heterocycles. The van der Waals surface area contributed by atoms with E-state index in [1.54, 1.807) is 0 Å². The minimum absolute atomic E-state index is 0.278. The van der Waals surface area contributed by atoms with Crippen LogP contribution >= 0.6 is 0 Å². The second-order valence-corrected chi connectivity index (χ2v) is 10.6. The lowest BCUT2D eigenvalue weighted by Gasteiger charge is -2.39. The maximum absolute atomic E-state index is 6.67. The quantitative estimate of drug-likeness (QED) is 0.0809. The predicted octanol–water partition coefficient (Wildman–Crippen LogP) is 7.82. The molecule has 0 aromatic heterocycles. The standard InChI is InChI=1S/C36H48N4/c1-9-13-15-16-20-29(7)26-38-35-33(12-4)39-34(32(19-11-3)30(8)28(5)6)27-40(35)25-17-22-31(21-14-10-2)36(37)23-18-24-36/h2,9,11-12,16-17,20-22,28H,1,7-8,13-15,18,23-27,37H2,3-6H3/b20-16-,22-17-,31-21+,33-12+,38-35+. The molecule has 0 atom stereocenters. The third kappa shape index (κ3) is 9.23. The van der Waals surface area contributed by atoms with Crippen LogP contribution in [0.2, 0.25) is 0 Å². The van der Waals surface area contributed by atoms with E-state index in [4.69, 9.17) is 22.1 Å². The van der Waals surface area contributed by atoms with E-state index in [1.807, 2.05) is 38.2 Å². The number of nitrogens with two attached hydrogens (primary N) is 1. The predicted molar refractivity (Wildman–Crippen MR) is 175 cm³/mol. The molecule has 2 aliphatic rings. The Morgan fingerprint density at radius 1 is 1.20 bits per heavy atom. The molecule has 0 bridgehead atoms. The molecule has 4 heteroatoms. The SMILES string of the molecule is C#CC/C=C(\C=C/CN1CC(C(=C=CC)C(=C)C(C)C)=NC(=C/C)/C1=N\CC(=C)/C=C\CCC=C)C1(N)CCC1. The Morgan fingerprint density at radius 2 is 1.95 bits per heavy atom. The van der Waals surface area contributed by atoms with Crippen LogP contribution in [0.15, 0.2) is 112 Å². The van der Waals surface area contributed by atoms with E-state index in [-0.39, 0.29) is 11.5 Å². The van der Waals surface area contributed by atoms with Crippen molar-refractivity contribution in [1.29, 1.82) is 0 Å². The second kappa shape index (κ2) is 16.5. The van der Waals surface area contributed by atoms with E-state index in [0.29, 0.717) is 26.1 Å². The summed E-state index contributed by atoms with van der Waals surface area (Å²) < 4.78 is 0. The molecular weight excluding hydrogens is 488 g/mol. The van der Waals surface area contributed by atoms with E-state index in [1.165, 1.54) is 0 Å². The zero-order chi connectivity index (χ0) is 29.5. The molecule has 1 aliphatic carbocycles. The molecule has 0 radical (unpaired) electrons. The Kier molecular flexibility index (Phi) is 13.4. The van der Waals surface area contributed by atoms with Crippen molar-refractivity contribution in [3.8, 4) is 12.3 Å². The van der Waals surface area contributed by atoms with Crippen LogP contribution in [0.1, 0.15) is 66.2 Å². The summed E-state index contributed by atoms with van der Waals surface area (Å²) in [7, 11) is 0. The van der Waals surface area contributed by atoms with Crippen LogP contribution in [0.4, 0.5) is 0 Å². The molecule has 2 rings (SSSR count). The number of nitrogens with zero attached hydrogens (tertiary/aromatic N) is 3. The number of hydrogen-bond acceptors (Lipinski definition) is 3. The number of aliphatic imine (C=N–C) groups is 2. The van der Waals surface area contributed by atoms with E-state index >= 15 is 0 Å². The van der Waals surface area contributed by atoms with Crippen molar-refractivity contribution in [2.45, 2.75) is 71.8 Å². The van der Waals surface area contributed by atoms with Gasteiger partial charge in [-0.25, -0.2) is 4.99 Å². The van der Waals surface area contributed by atoms with Crippen LogP contribution in [0.25, 0.3) is 0 Å². The van der Waals surface area contributed by atoms with Gasteiger partial charge in [0.25, 0.3) is 0 Å². The largest absolute Gasteiger partial charge is 0.345 e. The van der Waals surface area contributed by atoms with Crippen molar-refractivity contribution in [3.05, 3.63) is 102 Å². The van der Waals surface area contributed by atoms with Gasteiger partial charge >= 0.3 is 0 Å². The molecule has 1 fully saturated rings. The number of amidine groups is 1. The fraction of sp³-hybridized carbons (Fsp3) is 0.417. The molecule has 0 unspecified atom stereocenters. The zero-order valence-electron chi connectivity index (χ0n) is 25.2. The van der Waals surface area contributed by atoms with Crippen molar-refractivity contribution in [2.75, 3.05) is 19.6 Å². The van der Waals surface area contributed by atoms with Crippen LogP contribution < -0.4 is 5.73 Å². The highest BCUT2D eigenvalue weighted by Crippen LogP contribution is 2.36. The Labute approximate surface area is 243 Å². The van der Waals surface area contributed by atoms with Gasteiger partial charge in [0, 0.05) is 24.1 Å². The number of hydrogen-bond donors (Lipinski definition) is 1. The van der Waals surface area contributed by atoms with E-state index < -0.39 is 0 Å². The van der Waals surface area contributed by atoms with Crippen molar-refractivity contribution in [3.63, 3.8) is 0 Å². The first-order valence-electron chi connectivity index (χ1n) is 14.4. The van der Waals surface area contributed by atoms with E-state index in [2.05, 4.69) is 74.4 Å². The maximum atomic E-state index is 6.67. The average Bonchev–Trinajstić information content (AvgIpc) is 2.92. The first-order valence-corrected chi connectivity index (χ1v) is 14.4. The third-order valence-corrected chi connectivity index (χ3v) is 7.20. The molecule has 0 aromatic carbocycles. The van der Waals surface area contributed by atoms with Crippen LogP contribution in [0.5, 0.6) is 0 Å². The van der Waals surface area contributed by atoms with Crippen molar-refractivity contribution in [1.82, 2.24) is 4.90 Å². The summed E-state index contributed by atoms with van der Waals surface area (Å²) >= 11 is 0. The molecule has 40 heavy (non-hydrogen) atoms.